The van der Waals surface area contributed by atoms with Crippen LogP contribution in [-0.2, 0) is 16.0 Å². The van der Waals surface area contributed by atoms with Crippen molar-refractivity contribution in [2.24, 2.45) is 5.41 Å². The van der Waals surface area contributed by atoms with Gasteiger partial charge in [-0.05, 0) is 43.0 Å². The zero-order chi connectivity index (χ0) is 29.7. The number of fused-ring (bicyclic) bond motifs is 3. The van der Waals surface area contributed by atoms with E-state index in [9.17, 15) is 5.26 Å². The lowest BCUT2D eigenvalue weighted by Crippen LogP contribution is -2.68. The molecular weight excluding hydrogens is 558 g/mol. The lowest BCUT2D eigenvalue weighted by atomic mass is 9.65. The minimum atomic E-state index is 0.300. The average molecular weight is 594 g/mol. The SMILES string of the molecule is COc1ccc(CN2C3CC2CN(c2ccc(-c4cc(OCCOC5CC6(COC6)C5)cn5ncc(C#N)c45)cn2)C3)cn1. The van der Waals surface area contributed by atoms with Gasteiger partial charge in [-0.2, -0.15) is 10.4 Å². The van der Waals surface area contributed by atoms with Crippen LogP contribution in [0.5, 0.6) is 11.6 Å². The number of anilines is 1. The molecule has 44 heavy (non-hydrogen) atoms. The van der Waals surface area contributed by atoms with Crippen molar-refractivity contribution in [3.05, 3.63) is 66.2 Å². The summed E-state index contributed by atoms with van der Waals surface area (Å²) >= 11 is 0. The molecule has 5 aliphatic rings. The number of aromatic nitrogens is 4. The number of methoxy groups -OCH3 is 1. The first kappa shape index (κ1) is 27.3. The molecule has 4 aliphatic heterocycles. The zero-order valence-electron chi connectivity index (χ0n) is 24.8. The van der Waals surface area contributed by atoms with Gasteiger partial charge >= 0.3 is 0 Å². The van der Waals surface area contributed by atoms with Gasteiger partial charge in [-0.1, -0.05) is 6.07 Å². The van der Waals surface area contributed by atoms with Gasteiger partial charge in [-0.3, -0.25) is 4.90 Å². The molecule has 2 unspecified atom stereocenters. The monoisotopic (exact) mass is 593 g/mol. The van der Waals surface area contributed by atoms with Gasteiger partial charge in [0.25, 0.3) is 0 Å². The second kappa shape index (κ2) is 11.0. The number of nitriles is 1. The third-order valence-electron chi connectivity index (χ3n) is 9.65. The molecule has 2 bridgehead atoms. The van der Waals surface area contributed by atoms with Crippen molar-refractivity contribution in [1.29, 1.82) is 5.26 Å². The molecule has 1 saturated carbocycles. The van der Waals surface area contributed by atoms with Crippen LogP contribution >= 0.6 is 0 Å². The van der Waals surface area contributed by atoms with E-state index < -0.39 is 0 Å². The molecule has 5 fully saturated rings. The Kier molecular flexibility index (Phi) is 6.85. The number of hydrogen-bond donors (Lipinski definition) is 0. The summed E-state index contributed by atoms with van der Waals surface area (Å²) in [6.45, 7) is 5.50. The fourth-order valence-corrected chi connectivity index (χ4v) is 7.20. The number of pyridine rings is 3. The number of piperidine rings is 1. The van der Waals surface area contributed by atoms with Gasteiger partial charge in [0.1, 0.15) is 24.2 Å². The minimum Gasteiger partial charge on any atom is -0.490 e. The van der Waals surface area contributed by atoms with Crippen LogP contribution in [0.2, 0.25) is 0 Å². The number of nitrogens with zero attached hydrogens (tertiary/aromatic N) is 7. The van der Waals surface area contributed by atoms with Crippen LogP contribution in [-0.4, -0.2) is 89.3 Å². The molecule has 4 aromatic heterocycles. The van der Waals surface area contributed by atoms with E-state index in [1.807, 2.05) is 30.7 Å². The van der Waals surface area contributed by atoms with E-state index in [1.165, 1.54) is 12.0 Å². The summed E-state index contributed by atoms with van der Waals surface area (Å²) in [5.41, 5.74) is 4.63. The van der Waals surface area contributed by atoms with E-state index in [1.54, 1.807) is 17.8 Å². The third kappa shape index (κ3) is 4.93. The summed E-state index contributed by atoms with van der Waals surface area (Å²) in [6.07, 6.45) is 10.9. The molecule has 9 rings (SSSR count). The Labute approximate surface area is 255 Å². The Hall–Kier alpha value is -4.24. The van der Waals surface area contributed by atoms with Gasteiger partial charge in [-0.15, -0.1) is 0 Å². The van der Waals surface area contributed by atoms with Crippen molar-refractivity contribution in [3.63, 3.8) is 0 Å². The zero-order valence-corrected chi connectivity index (χ0v) is 24.8. The lowest BCUT2D eigenvalue weighted by molar-refractivity contribution is -0.210. The molecule has 8 heterocycles. The molecule has 0 amide bonds. The van der Waals surface area contributed by atoms with Crippen LogP contribution in [0, 0.1) is 16.7 Å². The third-order valence-corrected chi connectivity index (χ3v) is 9.65. The number of ether oxygens (including phenoxy) is 4. The molecule has 0 radical (unpaired) electrons. The number of hydrogen-bond acceptors (Lipinski definition) is 10. The van der Waals surface area contributed by atoms with E-state index in [4.69, 9.17) is 23.9 Å². The Morgan fingerprint density at radius 3 is 2.59 bits per heavy atom. The minimum absolute atomic E-state index is 0.300. The second-order valence-corrected chi connectivity index (χ2v) is 12.5. The molecule has 11 nitrogen and oxygen atoms in total. The normalized spacial score (nSPS) is 22.2. The van der Waals surface area contributed by atoms with Crippen molar-refractivity contribution in [2.45, 2.75) is 44.0 Å². The molecule has 1 aliphatic carbocycles. The van der Waals surface area contributed by atoms with E-state index in [0.717, 1.165) is 68.2 Å². The maximum Gasteiger partial charge on any atom is 0.212 e. The Balaban J connectivity index is 0.928. The summed E-state index contributed by atoms with van der Waals surface area (Å²) in [6, 6.07) is 13.4. The van der Waals surface area contributed by atoms with Crippen molar-refractivity contribution >= 4 is 11.3 Å². The van der Waals surface area contributed by atoms with E-state index in [0.29, 0.717) is 54.0 Å². The van der Waals surface area contributed by atoms with Crippen molar-refractivity contribution in [3.8, 4) is 28.8 Å². The number of rotatable bonds is 10. The fourth-order valence-electron chi connectivity index (χ4n) is 7.20. The van der Waals surface area contributed by atoms with E-state index >= 15 is 0 Å². The quantitative estimate of drug-likeness (QED) is 0.253. The molecular formula is C33H35N7O4. The highest BCUT2D eigenvalue weighted by molar-refractivity contribution is 5.85. The first-order chi connectivity index (χ1) is 21.6. The molecule has 1 spiro atoms. The summed E-state index contributed by atoms with van der Waals surface area (Å²) < 4.78 is 24.4. The maximum absolute atomic E-state index is 9.77. The van der Waals surface area contributed by atoms with Crippen LogP contribution in [0.15, 0.2) is 55.1 Å². The van der Waals surface area contributed by atoms with Crippen LogP contribution in [0.3, 0.4) is 0 Å². The Bertz CT molecular complexity index is 1680. The lowest BCUT2D eigenvalue weighted by Gasteiger charge is -2.56. The van der Waals surface area contributed by atoms with Gasteiger partial charge in [-0.25, -0.2) is 14.5 Å². The van der Waals surface area contributed by atoms with Gasteiger partial charge in [0, 0.05) is 66.7 Å². The van der Waals surface area contributed by atoms with Crippen molar-refractivity contribution < 1.29 is 18.9 Å². The summed E-state index contributed by atoms with van der Waals surface area (Å²) in [5.74, 6) is 2.28. The van der Waals surface area contributed by atoms with Crippen LogP contribution < -0.4 is 14.4 Å². The van der Waals surface area contributed by atoms with Gasteiger partial charge < -0.3 is 23.8 Å². The second-order valence-electron chi connectivity index (χ2n) is 12.5. The van der Waals surface area contributed by atoms with E-state index in [-0.39, 0.29) is 0 Å². The van der Waals surface area contributed by atoms with Gasteiger partial charge in [0.05, 0.1) is 56.5 Å². The summed E-state index contributed by atoms with van der Waals surface area (Å²) in [5, 5.41) is 14.2. The molecule has 11 heteroatoms. The standard InChI is InChI=1S/C33H35N7O4/c1-41-31-5-2-22(13-36-31)16-39-25-8-26(39)18-38(17-25)30-4-3-23(14-35-30)29-9-27(19-40-32(29)24(12-34)15-37-40)43-6-7-44-28-10-33(11-28)20-42-21-33/h2-5,9,13-15,19,25-26,28H,6-8,10-11,16-18,20-21H2,1H3. The van der Waals surface area contributed by atoms with Crippen LogP contribution in [0.4, 0.5) is 5.82 Å². The maximum atomic E-state index is 9.77. The van der Waals surface area contributed by atoms with Crippen LogP contribution in [0.1, 0.15) is 30.4 Å². The molecule has 4 saturated heterocycles. The Morgan fingerprint density at radius 1 is 1.05 bits per heavy atom. The smallest absolute Gasteiger partial charge is 0.212 e. The van der Waals surface area contributed by atoms with E-state index in [2.05, 4.69) is 44.2 Å². The highest BCUT2D eigenvalue weighted by Crippen LogP contribution is 2.48. The highest BCUT2D eigenvalue weighted by Gasteiger charge is 2.50. The largest absolute Gasteiger partial charge is 0.490 e. The first-order valence-corrected chi connectivity index (χ1v) is 15.3. The number of piperazine rings is 1. The summed E-state index contributed by atoms with van der Waals surface area (Å²) in [4.78, 5) is 14.2. The molecule has 226 valence electrons. The molecule has 0 N–H and O–H groups in total. The van der Waals surface area contributed by atoms with Crippen molar-refractivity contribution in [1.82, 2.24) is 24.5 Å². The Morgan fingerprint density at radius 2 is 1.91 bits per heavy atom. The molecule has 4 aromatic rings. The topological polar surface area (TPSA) is 110 Å². The average Bonchev–Trinajstić information content (AvgIpc) is 3.45. The van der Waals surface area contributed by atoms with Gasteiger partial charge in [0.15, 0.2) is 0 Å². The summed E-state index contributed by atoms with van der Waals surface area (Å²) in [7, 11) is 1.64. The van der Waals surface area contributed by atoms with Crippen molar-refractivity contribution in [2.75, 3.05) is 51.5 Å². The van der Waals surface area contributed by atoms with Gasteiger partial charge in [0.2, 0.25) is 5.88 Å². The molecule has 2 atom stereocenters. The van der Waals surface area contributed by atoms with Crippen LogP contribution in [0.25, 0.3) is 16.6 Å². The first-order valence-electron chi connectivity index (χ1n) is 15.3. The highest BCUT2D eigenvalue weighted by atomic mass is 16.5. The predicted octanol–water partition coefficient (Wildman–Crippen LogP) is 3.71. The predicted molar refractivity (Wildman–Crippen MR) is 162 cm³/mol. The fraction of sp³-hybridized carbons (Fsp3) is 0.455. The molecule has 0 aromatic carbocycles.